The molecule has 0 aromatic heterocycles. The minimum atomic E-state index is -3.60. The highest BCUT2D eigenvalue weighted by molar-refractivity contribution is 7.90. The van der Waals surface area contributed by atoms with Crippen LogP contribution in [0.25, 0.3) is 0 Å². The van der Waals surface area contributed by atoms with E-state index in [1.54, 1.807) is 13.8 Å². The number of amides is 1. The number of carbonyl (C=O) groups is 1. The van der Waals surface area contributed by atoms with Crippen molar-refractivity contribution in [3.05, 3.63) is 29.6 Å². The van der Waals surface area contributed by atoms with Crippen molar-refractivity contribution >= 4 is 15.7 Å². The van der Waals surface area contributed by atoms with Crippen LogP contribution in [0.15, 0.2) is 23.1 Å². The van der Waals surface area contributed by atoms with Crippen LogP contribution in [0.1, 0.15) is 25.5 Å². The van der Waals surface area contributed by atoms with Crippen molar-refractivity contribution in [3.63, 3.8) is 0 Å². The molecule has 0 bridgehead atoms. The SMILES string of the molecule is C#CCNC(=O)[C@H](C)N[C@@H](C)c1ccc(S(C)(=O)=O)c(F)c1. The van der Waals surface area contributed by atoms with Gasteiger partial charge < -0.3 is 5.32 Å². The van der Waals surface area contributed by atoms with Crippen molar-refractivity contribution in [2.45, 2.75) is 30.8 Å². The van der Waals surface area contributed by atoms with Gasteiger partial charge in [0.05, 0.1) is 12.6 Å². The summed E-state index contributed by atoms with van der Waals surface area (Å²) in [7, 11) is -3.60. The topological polar surface area (TPSA) is 75.3 Å². The minimum Gasteiger partial charge on any atom is -0.344 e. The van der Waals surface area contributed by atoms with Crippen LogP contribution in [0.4, 0.5) is 4.39 Å². The lowest BCUT2D eigenvalue weighted by atomic mass is 10.1. The molecule has 0 spiro atoms. The van der Waals surface area contributed by atoms with E-state index in [4.69, 9.17) is 6.42 Å². The zero-order valence-electron chi connectivity index (χ0n) is 12.7. The molecule has 0 aliphatic carbocycles. The van der Waals surface area contributed by atoms with Gasteiger partial charge in [-0.15, -0.1) is 6.42 Å². The van der Waals surface area contributed by atoms with Crippen LogP contribution in [0.3, 0.4) is 0 Å². The summed E-state index contributed by atoms with van der Waals surface area (Å²) < 4.78 is 36.6. The predicted octanol–water partition coefficient (Wildman–Crippen LogP) is 1.02. The predicted molar refractivity (Wildman–Crippen MR) is 82.4 cm³/mol. The molecule has 0 heterocycles. The molecule has 0 aliphatic heterocycles. The number of benzene rings is 1. The number of rotatable bonds is 6. The van der Waals surface area contributed by atoms with Gasteiger partial charge in [-0.3, -0.25) is 10.1 Å². The molecule has 1 aromatic carbocycles. The fourth-order valence-corrected chi connectivity index (χ4v) is 2.65. The zero-order chi connectivity index (χ0) is 16.9. The Morgan fingerprint density at radius 2 is 2.05 bits per heavy atom. The van der Waals surface area contributed by atoms with E-state index in [9.17, 15) is 17.6 Å². The third-order valence-corrected chi connectivity index (χ3v) is 4.24. The Balaban J connectivity index is 2.83. The highest BCUT2D eigenvalue weighted by Gasteiger charge is 2.18. The van der Waals surface area contributed by atoms with Crippen LogP contribution in [0, 0.1) is 18.2 Å². The summed E-state index contributed by atoms with van der Waals surface area (Å²) in [5, 5.41) is 5.53. The lowest BCUT2D eigenvalue weighted by molar-refractivity contribution is -0.122. The van der Waals surface area contributed by atoms with Crippen LogP contribution in [-0.4, -0.2) is 33.2 Å². The van der Waals surface area contributed by atoms with E-state index >= 15 is 0 Å². The number of nitrogens with one attached hydrogen (secondary N) is 2. The molecule has 1 aromatic rings. The van der Waals surface area contributed by atoms with Crippen LogP contribution in [0.2, 0.25) is 0 Å². The molecule has 2 N–H and O–H groups in total. The smallest absolute Gasteiger partial charge is 0.237 e. The largest absolute Gasteiger partial charge is 0.344 e. The monoisotopic (exact) mass is 326 g/mol. The second kappa shape index (κ2) is 7.38. The molecule has 2 atom stereocenters. The fraction of sp³-hybridized carbons (Fsp3) is 0.400. The van der Waals surface area contributed by atoms with E-state index in [2.05, 4.69) is 16.6 Å². The summed E-state index contributed by atoms with van der Waals surface area (Å²) in [5.41, 5.74) is 0.543. The maximum absolute atomic E-state index is 13.9. The molecule has 1 amide bonds. The lowest BCUT2D eigenvalue weighted by Gasteiger charge is -2.20. The zero-order valence-corrected chi connectivity index (χ0v) is 13.5. The molecule has 0 saturated heterocycles. The number of hydrogen-bond donors (Lipinski definition) is 2. The third kappa shape index (κ3) is 4.83. The highest BCUT2D eigenvalue weighted by Crippen LogP contribution is 2.20. The molecule has 7 heteroatoms. The normalized spacial score (nSPS) is 14.0. The minimum absolute atomic E-state index is 0.136. The fourth-order valence-electron chi connectivity index (χ4n) is 1.93. The Morgan fingerprint density at radius 1 is 1.41 bits per heavy atom. The van der Waals surface area contributed by atoms with Gasteiger partial charge in [0.2, 0.25) is 5.91 Å². The van der Waals surface area contributed by atoms with Gasteiger partial charge in [0.15, 0.2) is 9.84 Å². The first-order valence-electron chi connectivity index (χ1n) is 6.63. The average Bonchev–Trinajstić information content (AvgIpc) is 2.42. The number of sulfone groups is 1. The summed E-state index contributed by atoms with van der Waals surface area (Å²) in [6.07, 6.45) is 6.01. The molecule has 1 rings (SSSR count). The number of carbonyl (C=O) groups excluding carboxylic acids is 1. The van der Waals surface area contributed by atoms with Gasteiger partial charge in [0.1, 0.15) is 10.7 Å². The molecular formula is C15H19FN2O3S. The molecule has 120 valence electrons. The van der Waals surface area contributed by atoms with Crippen molar-refractivity contribution in [2.75, 3.05) is 12.8 Å². The lowest BCUT2D eigenvalue weighted by Crippen LogP contribution is -2.43. The van der Waals surface area contributed by atoms with Gasteiger partial charge in [0, 0.05) is 12.3 Å². The first kappa shape index (κ1) is 18.1. The highest BCUT2D eigenvalue weighted by atomic mass is 32.2. The number of halogens is 1. The van der Waals surface area contributed by atoms with E-state index in [1.807, 2.05) is 0 Å². The summed E-state index contributed by atoms with van der Waals surface area (Å²) in [6.45, 7) is 3.54. The molecule has 0 aliphatic rings. The summed E-state index contributed by atoms with van der Waals surface area (Å²) >= 11 is 0. The molecular weight excluding hydrogens is 307 g/mol. The van der Waals surface area contributed by atoms with E-state index in [0.717, 1.165) is 12.3 Å². The maximum Gasteiger partial charge on any atom is 0.237 e. The Morgan fingerprint density at radius 3 is 2.55 bits per heavy atom. The third-order valence-electron chi connectivity index (χ3n) is 3.11. The molecule has 22 heavy (non-hydrogen) atoms. The molecule has 0 fully saturated rings. The van der Waals surface area contributed by atoms with E-state index in [1.165, 1.54) is 12.1 Å². The van der Waals surface area contributed by atoms with E-state index < -0.39 is 21.7 Å². The van der Waals surface area contributed by atoms with Gasteiger partial charge in [-0.2, -0.15) is 0 Å². The maximum atomic E-state index is 13.9. The molecule has 0 unspecified atom stereocenters. The van der Waals surface area contributed by atoms with Crippen molar-refractivity contribution in [1.29, 1.82) is 0 Å². The Hall–Kier alpha value is -1.91. The van der Waals surface area contributed by atoms with Crippen LogP contribution >= 0.6 is 0 Å². The summed E-state index contributed by atoms with van der Waals surface area (Å²) in [6, 6.07) is 3.03. The standard InChI is InChI=1S/C15H19FN2O3S/c1-5-8-17-15(19)11(3)18-10(2)12-6-7-14(13(16)9-12)22(4,20)21/h1,6-7,9-11,18H,8H2,2-4H3,(H,17,19)/t10-,11-/m0/s1. The van der Waals surface area contributed by atoms with Gasteiger partial charge in [-0.25, -0.2) is 12.8 Å². The van der Waals surface area contributed by atoms with Crippen LogP contribution in [0.5, 0.6) is 0 Å². The van der Waals surface area contributed by atoms with Crippen molar-refractivity contribution < 1.29 is 17.6 Å². The first-order chi connectivity index (χ1) is 10.2. The number of hydrogen-bond acceptors (Lipinski definition) is 4. The molecule has 0 radical (unpaired) electrons. The molecule has 0 saturated carbocycles. The van der Waals surface area contributed by atoms with Crippen LogP contribution < -0.4 is 10.6 Å². The van der Waals surface area contributed by atoms with Crippen molar-refractivity contribution in [3.8, 4) is 12.3 Å². The Labute approximate surface area is 130 Å². The summed E-state index contributed by atoms with van der Waals surface area (Å²) in [4.78, 5) is 11.4. The molecule has 5 nitrogen and oxygen atoms in total. The van der Waals surface area contributed by atoms with Crippen LogP contribution in [-0.2, 0) is 14.6 Å². The van der Waals surface area contributed by atoms with Gasteiger partial charge >= 0.3 is 0 Å². The van der Waals surface area contributed by atoms with E-state index in [0.29, 0.717) is 5.56 Å². The summed E-state index contributed by atoms with van der Waals surface area (Å²) in [5.74, 6) is 1.23. The van der Waals surface area contributed by atoms with Crippen molar-refractivity contribution in [2.24, 2.45) is 0 Å². The Kier molecular flexibility index (Phi) is 6.09. The van der Waals surface area contributed by atoms with Gasteiger partial charge in [-0.05, 0) is 31.5 Å². The van der Waals surface area contributed by atoms with Gasteiger partial charge in [-0.1, -0.05) is 12.0 Å². The Bertz CT molecular complexity index is 695. The second-order valence-corrected chi connectivity index (χ2v) is 6.98. The van der Waals surface area contributed by atoms with Crippen molar-refractivity contribution in [1.82, 2.24) is 10.6 Å². The number of terminal acetylenes is 1. The van der Waals surface area contributed by atoms with Gasteiger partial charge in [0.25, 0.3) is 0 Å². The van der Waals surface area contributed by atoms with E-state index in [-0.39, 0.29) is 23.4 Å². The second-order valence-electron chi connectivity index (χ2n) is 4.99. The quantitative estimate of drug-likeness (QED) is 0.765. The first-order valence-corrected chi connectivity index (χ1v) is 8.52. The average molecular weight is 326 g/mol.